The predicted octanol–water partition coefficient (Wildman–Crippen LogP) is 3.94. The summed E-state index contributed by atoms with van der Waals surface area (Å²) in [7, 11) is -0.547. The summed E-state index contributed by atoms with van der Waals surface area (Å²) in [6, 6.07) is 4.02. The Hall–Kier alpha value is -0.563. The van der Waals surface area contributed by atoms with E-state index in [-0.39, 0.29) is 0 Å². The van der Waals surface area contributed by atoms with Crippen LogP contribution in [0.3, 0.4) is 0 Å². The third kappa shape index (κ3) is 7.79. The van der Waals surface area contributed by atoms with Crippen LogP contribution in [-0.2, 0) is 0 Å². The highest BCUT2D eigenvalue weighted by molar-refractivity contribution is 6.60. The summed E-state index contributed by atoms with van der Waals surface area (Å²) in [4.78, 5) is 0. The van der Waals surface area contributed by atoms with E-state index in [4.69, 9.17) is 0 Å². The van der Waals surface area contributed by atoms with Gasteiger partial charge in [-0.1, -0.05) is 36.5 Å². The highest BCUT2D eigenvalue weighted by atomic mass is 28.3. The van der Waals surface area contributed by atoms with Gasteiger partial charge in [-0.3, -0.25) is 0 Å². The van der Waals surface area contributed by atoms with Crippen molar-refractivity contribution in [1.29, 1.82) is 0 Å². The van der Waals surface area contributed by atoms with E-state index >= 15 is 0 Å². The van der Waals surface area contributed by atoms with E-state index in [0.29, 0.717) is 0 Å². The van der Waals surface area contributed by atoms with Gasteiger partial charge < -0.3 is 0 Å². The minimum absolute atomic E-state index is 0.547. The second kappa shape index (κ2) is 9.52. The monoisotopic (exact) mass is 194 g/mol. The van der Waals surface area contributed by atoms with Crippen molar-refractivity contribution in [2.45, 2.75) is 38.9 Å². The van der Waals surface area contributed by atoms with E-state index in [1.165, 1.54) is 18.1 Å². The van der Waals surface area contributed by atoms with Gasteiger partial charge in [0.15, 0.2) is 0 Å². The zero-order valence-electron chi connectivity index (χ0n) is 9.16. The molecule has 0 aliphatic rings. The minimum Gasteiger partial charge on any atom is -0.0920 e. The Morgan fingerprint density at radius 3 is 1.23 bits per heavy atom. The fourth-order valence-corrected chi connectivity index (χ4v) is 3.82. The topological polar surface area (TPSA) is 0 Å². The Kier molecular flexibility index (Phi) is 9.11. The van der Waals surface area contributed by atoms with E-state index in [1.54, 1.807) is 0 Å². The van der Waals surface area contributed by atoms with Crippen molar-refractivity contribution in [1.82, 2.24) is 0 Å². The van der Waals surface area contributed by atoms with Crippen molar-refractivity contribution in [2.24, 2.45) is 0 Å². The molecule has 0 N–H and O–H groups in total. The summed E-state index contributed by atoms with van der Waals surface area (Å²) in [6.45, 7) is 6.32. The fraction of sp³-hybridized carbons (Fsp3) is 0.500. The lowest BCUT2D eigenvalue weighted by atomic mass is 10.6. The van der Waals surface area contributed by atoms with Gasteiger partial charge >= 0.3 is 0 Å². The lowest BCUT2D eigenvalue weighted by molar-refractivity contribution is 1.41. The lowest BCUT2D eigenvalue weighted by Crippen LogP contribution is -2.07. The number of hydrogen-bond acceptors (Lipinski definition) is 0. The first-order valence-corrected chi connectivity index (χ1v) is 7.63. The lowest BCUT2D eigenvalue weighted by Gasteiger charge is -2.07. The van der Waals surface area contributed by atoms with Crippen LogP contribution in [-0.4, -0.2) is 8.80 Å². The van der Waals surface area contributed by atoms with Crippen molar-refractivity contribution in [3.05, 3.63) is 36.5 Å². The van der Waals surface area contributed by atoms with Gasteiger partial charge in [-0.05, 0) is 38.9 Å². The molecule has 0 amide bonds. The fourth-order valence-electron chi connectivity index (χ4n) is 1.27. The van der Waals surface area contributed by atoms with Crippen LogP contribution >= 0.6 is 0 Å². The highest BCUT2D eigenvalue weighted by Crippen LogP contribution is 2.08. The van der Waals surface area contributed by atoms with Gasteiger partial charge in [0, 0.05) is 8.80 Å². The molecular formula is C12H22Si. The number of allylic oxidation sites excluding steroid dienone is 6. The van der Waals surface area contributed by atoms with Crippen molar-refractivity contribution in [2.75, 3.05) is 0 Å². The van der Waals surface area contributed by atoms with Crippen LogP contribution in [0.5, 0.6) is 0 Å². The molecule has 0 radical (unpaired) electrons. The largest absolute Gasteiger partial charge is 0.0920 e. The Labute approximate surface area is 84.7 Å². The van der Waals surface area contributed by atoms with Gasteiger partial charge in [0.25, 0.3) is 0 Å². The molecule has 0 rings (SSSR count). The molecular weight excluding hydrogens is 172 g/mol. The van der Waals surface area contributed by atoms with Crippen LogP contribution in [0.1, 0.15) is 20.8 Å². The van der Waals surface area contributed by atoms with E-state index in [9.17, 15) is 0 Å². The first kappa shape index (κ1) is 12.4. The molecule has 13 heavy (non-hydrogen) atoms. The molecule has 0 fully saturated rings. The molecule has 74 valence electrons. The van der Waals surface area contributed by atoms with Gasteiger partial charge in [0.2, 0.25) is 0 Å². The van der Waals surface area contributed by atoms with Crippen LogP contribution in [0.25, 0.3) is 0 Å². The molecule has 0 aliphatic heterocycles. The summed E-state index contributed by atoms with van der Waals surface area (Å²) in [5, 5.41) is 0. The average molecular weight is 194 g/mol. The van der Waals surface area contributed by atoms with Crippen LogP contribution in [0.4, 0.5) is 0 Å². The minimum atomic E-state index is -0.547. The van der Waals surface area contributed by atoms with Crippen LogP contribution in [0, 0.1) is 0 Å². The second-order valence-corrected chi connectivity index (χ2v) is 6.43. The van der Waals surface area contributed by atoms with Crippen LogP contribution in [0.15, 0.2) is 36.5 Å². The first-order chi connectivity index (χ1) is 6.35. The van der Waals surface area contributed by atoms with E-state index in [2.05, 4.69) is 57.2 Å². The Balaban J connectivity index is 3.86. The summed E-state index contributed by atoms with van der Waals surface area (Å²) in [6.07, 6.45) is 13.5. The zero-order valence-corrected chi connectivity index (χ0v) is 10.3. The van der Waals surface area contributed by atoms with Crippen LogP contribution < -0.4 is 0 Å². The molecule has 0 spiro atoms. The second-order valence-electron chi connectivity index (χ2n) is 3.28. The summed E-state index contributed by atoms with van der Waals surface area (Å²) in [5.41, 5.74) is 0. The van der Waals surface area contributed by atoms with Crippen molar-refractivity contribution in [3.8, 4) is 0 Å². The third-order valence-electron chi connectivity index (χ3n) is 2.12. The quantitative estimate of drug-likeness (QED) is 0.444. The number of hydrogen-bond donors (Lipinski definition) is 0. The molecule has 0 aliphatic carbocycles. The molecule has 0 saturated carbocycles. The van der Waals surface area contributed by atoms with Crippen molar-refractivity contribution < 1.29 is 0 Å². The molecule has 0 nitrogen and oxygen atoms in total. The third-order valence-corrected chi connectivity index (χ3v) is 4.93. The standard InChI is InChI=1S/C12H22Si/c1-4-7-10-13(11-8-5-2)12-9-6-3/h4-9,13H,10-12H2,1-3H3. The smallest absolute Gasteiger partial charge is 0.0480 e. The Morgan fingerprint density at radius 2 is 1.00 bits per heavy atom. The van der Waals surface area contributed by atoms with Gasteiger partial charge in [-0.25, -0.2) is 0 Å². The molecule has 0 aromatic heterocycles. The van der Waals surface area contributed by atoms with Gasteiger partial charge in [-0.15, -0.1) is 0 Å². The zero-order chi connectivity index (χ0) is 9.94. The molecule has 0 heterocycles. The van der Waals surface area contributed by atoms with Crippen LogP contribution in [0.2, 0.25) is 18.1 Å². The molecule has 0 bridgehead atoms. The van der Waals surface area contributed by atoms with E-state index in [0.717, 1.165) is 0 Å². The average Bonchev–Trinajstić information content (AvgIpc) is 2.17. The molecule has 0 atom stereocenters. The van der Waals surface area contributed by atoms with E-state index in [1.807, 2.05) is 0 Å². The Bertz CT molecular complexity index is 144. The summed E-state index contributed by atoms with van der Waals surface area (Å²) >= 11 is 0. The van der Waals surface area contributed by atoms with Crippen molar-refractivity contribution >= 4 is 8.80 Å². The Morgan fingerprint density at radius 1 is 0.692 bits per heavy atom. The maximum atomic E-state index is 2.32. The van der Waals surface area contributed by atoms with E-state index < -0.39 is 8.80 Å². The molecule has 0 saturated heterocycles. The SMILES string of the molecule is CC=CC[SiH](CC=CC)CC=CC. The van der Waals surface area contributed by atoms with Crippen molar-refractivity contribution in [3.63, 3.8) is 0 Å². The number of rotatable bonds is 6. The normalized spacial score (nSPS) is 15.0. The summed E-state index contributed by atoms with van der Waals surface area (Å²) < 4.78 is 0. The first-order valence-electron chi connectivity index (χ1n) is 5.18. The maximum absolute atomic E-state index is 2.32. The molecule has 0 aromatic rings. The molecule has 0 aromatic carbocycles. The van der Waals surface area contributed by atoms with Gasteiger partial charge in [0.05, 0.1) is 0 Å². The molecule has 0 unspecified atom stereocenters. The summed E-state index contributed by atoms with van der Waals surface area (Å²) in [5.74, 6) is 0. The predicted molar refractivity (Wildman–Crippen MR) is 66.0 cm³/mol. The highest BCUT2D eigenvalue weighted by Gasteiger charge is 2.03. The van der Waals surface area contributed by atoms with Gasteiger partial charge in [0.1, 0.15) is 0 Å². The molecule has 1 heteroatoms. The maximum Gasteiger partial charge on any atom is 0.0480 e. The van der Waals surface area contributed by atoms with Gasteiger partial charge in [-0.2, -0.15) is 0 Å².